The van der Waals surface area contributed by atoms with Gasteiger partial charge in [-0.1, -0.05) is 0 Å². The summed E-state index contributed by atoms with van der Waals surface area (Å²) in [6.07, 6.45) is 2.74. The SMILES string of the molecule is Cn1cc(NS(=O)(=O)c2ccn[nH]2)ccc1=O. The van der Waals surface area contributed by atoms with Gasteiger partial charge in [-0.3, -0.25) is 14.6 Å². The number of anilines is 1. The maximum absolute atomic E-state index is 11.8. The average molecular weight is 254 g/mol. The first kappa shape index (κ1) is 11.4. The van der Waals surface area contributed by atoms with Crippen LogP contribution < -0.4 is 10.3 Å². The monoisotopic (exact) mass is 254 g/mol. The largest absolute Gasteiger partial charge is 0.316 e. The number of hydrogen-bond donors (Lipinski definition) is 2. The van der Waals surface area contributed by atoms with E-state index in [1.54, 1.807) is 0 Å². The Kier molecular flexibility index (Phi) is 2.72. The molecule has 0 radical (unpaired) electrons. The van der Waals surface area contributed by atoms with E-state index in [1.165, 1.54) is 42.2 Å². The molecule has 0 spiro atoms. The van der Waals surface area contributed by atoms with Gasteiger partial charge in [-0.05, 0) is 12.1 Å². The van der Waals surface area contributed by atoms with Gasteiger partial charge in [-0.2, -0.15) is 13.5 Å². The minimum atomic E-state index is -3.68. The van der Waals surface area contributed by atoms with Crippen LogP contribution in [0.3, 0.4) is 0 Å². The van der Waals surface area contributed by atoms with E-state index in [-0.39, 0.29) is 10.6 Å². The van der Waals surface area contributed by atoms with Gasteiger partial charge in [0.05, 0.1) is 11.9 Å². The highest BCUT2D eigenvalue weighted by Crippen LogP contribution is 2.11. The molecule has 0 fully saturated rings. The Balaban J connectivity index is 2.33. The number of aromatic nitrogens is 3. The molecule has 2 aromatic rings. The molecule has 8 heteroatoms. The molecule has 2 rings (SSSR count). The molecule has 0 aliphatic carbocycles. The molecule has 2 heterocycles. The molecule has 2 aromatic heterocycles. The lowest BCUT2D eigenvalue weighted by molar-refractivity contribution is 0.597. The van der Waals surface area contributed by atoms with Crippen LogP contribution >= 0.6 is 0 Å². The zero-order chi connectivity index (χ0) is 12.5. The number of aryl methyl sites for hydroxylation is 1. The van der Waals surface area contributed by atoms with E-state index in [9.17, 15) is 13.2 Å². The molecule has 17 heavy (non-hydrogen) atoms. The Morgan fingerprint density at radius 2 is 2.12 bits per heavy atom. The zero-order valence-electron chi connectivity index (χ0n) is 8.91. The molecule has 0 aliphatic rings. The summed E-state index contributed by atoms with van der Waals surface area (Å²) in [6.45, 7) is 0. The Morgan fingerprint density at radius 3 is 2.71 bits per heavy atom. The molecule has 0 aromatic carbocycles. The van der Waals surface area contributed by atoms with Crippen LogP contribution in [-0.4, -0.2) is 23.2 Å². The number of nitrogens with one attached hydrogen (secondary N) is 2. The van der Waals surface area contributed by atoms with Crippen molar-refractivity contribution >= 4 is 15.7 Å². The van der Waals surface area contributed by atoms with Crippen molar-refractivity contribution < 1.29 is 8.42 Å². The minimum absolute atomic E-state index is 0.0358. The predicted molar refractivity (Wildman–Crippen MR) is 61.1 cm³/mol. The molecule has 0 atom stereocenters. The lowest BCUT2D eigenvalue weighted by Crippen LogP contribution is -2.18. The second kappa shape index (κ2) is 4.06. The van der Waals surface area contributed by atoms with Crippen molar-refractivity contribution in [3.8, 4) is 0 Å². The molecule has 0 saturated carbocycles. The van der Waals surface area contributed by atoms with Crippen molar-refractivity contribution in [1.29, 1.82) is 0 Å². The fourth-order valence-electron chi connectivity index (χ4n) is 1.26. The molecule has 0 bridgehead atoms. The van der Waals surface area contributed by atoms with Crippen LogP contribution in [0.2, 0.25) is 0 Å². The van der Waals surface area contributed by atoms with Crippen LogP contribution in [0, 0.1) is 0 Å². The van der Waals surface area contributed by atoms with E-state index in [0.717, 1.165) is 0 Å². The van der Waals surface area contributed by atoms with Gasteiger partial charge >= 0.3 is 0 Å². The summed E-state index contributed by atoms with van der Waals surface area (Å²) in [6, 6.07) is 4.02. The number of nitrogens with zero attached hydrogens (tertiary/aromatic N) is 2. The Hall–Kier alpha value is -2.09. The highest BCUT2D eigenvalue weighted by Gasteiger charge is 2.15. The summed E-state index contributed by atoms with van der Waals surface area (Å²) in [7, 11) is -2.15. The van der Waals surface area contributed by atoms with Crippen LogP contribution in [0.15, 0.2) is 40.4 Å². The molecule has 2 N–H and O–H groups in total. The normalized spacial score (nSPS) is 11.4. The smallest absolute Gasteiger partial charge is 0.278 e. The molecule has 0 saturated heterocycles. The van der Waals surface area contributed by atoms with E-state index in [1.807, 2.05) is 0 Å². The highest BCUT2D eigenvalue weighted by molar-refractivity contribution is 7.92. The number of pyridine rings is 1. The molecule has 0 aliphatic heterocycles. The number of hydrogen-bond acceptors (Lipinski definition) is 4. The number of sulfonamides is 1. The lowest BCUT2D eigenvalue weighted by Gasteiger charge is -2.06. The summed E-state index contributed by atoms with van der Waals surface area (Å²) in [4.78, 5) is 11.1. The van der Waals surface area contributed by atoms with Crippen molar-refractivity contribution in [2.45, 2.75) is 5.03 Å². The third-order valence-electron chi connectivity index (χ3n) is 2.10. The fraction of sp³-hybridized carbons (Fsp3) is 0.111. The third-order valence-corrected chi connectivity index (χ3v) is 3.41. The second-order valence-electron chi connectivity index (χ2n) is 3.39. The summed E-state index contributed by atoms with van der Waals surface area (Å²) in [5.41, 5.74) is 0.0937. The first-order chi connectivity index (χ1) is 7.99. The van der Waals surface area contributed by atoms with Crippen LogP contribution in [0.4, 0.5) is 5.69 Å². The van der Waals surface area contributed by atoms with Gasteiger partial charge in [-0.15, -0.1) is 0 Å². The van der Waals surface area contributed by atoms with Crippen molar-refractivity contribution in [3.63, 3.8) is 0 Å². The number of H-pyrrole nitrogens is 1. The predicted octanol–water partition coefficient (Wildman–Crippen LogP) is -0.0908. The lowest BCUT2D eigenvalue weighted by atomic mass is 10.4. The standard InChI is InChI=1S/C9H10N4O3S/c1-13-6-7(2-3-9(13)14)12-17(15,16)8-4-5-10-11-8/h2-6,12H,1H3,(H,10,11). The quantitative estimate of drug-likeness (QED) is 0.799. The maximum Gasteiger partial charge on any atom is 0.278 e. The maximum atomic E-state index is 11.8. The van der Waals surface area contributed by atoms with Gasteiger partial charge < -0.3 is 4.57 Å². The summed E-state index contributed by atoms with van der Waals surface area (Å²) in [5.74, 6) is 0. The van der Waals surface area contributed by atoms with E-state index in [4.69, 9.17) is 0 Å². The summed E-state index contributed by atoms with van der Waals surface area (Å²) >= 11 is 0. The fourth-order valence-corrected chi connectivity index (χ4v) is 2.21. The highest BCUT2D eigenvalue weighted by atomic mass is 32.2. The average Bonchev–Trinajstić information content (AvgIpc) is 2.77. The molecule has 90 valence electrons. The van der Waals surface area contributed by atoms with Gasteiger partial charge in [-0.25, -0.2) is 0 Å². The van der Waals surface area contributed by atoms with Gasteiger partial charge in [0.2, 0.25) is 5.56 Å². The Labute approximate surface area is 97.2 Å². The first-order valence-electron chi connectivity index (χ1n) is 4.68. The molecular weight excluding hydrogens is 244 g/mol. The van der Waals surface area contributed by atoms with Crippen molar-refractivity contribution in [2.75, 3.05) is 4.72 Å². The molecular formula is C9H10N4O3S. The number of rotatable bonds is 3. The number of aromatic amines is 1. The van der Waals surface area contributed by atoms with Gasteiger partial charge in [0.25, 0.3) is 10.0 Å². The Morgan fingerprint density at radius 1 is 1.35 bits per heavy atom. The van der Waals surface area contributed by atoms with Crippen LogP contribution in [0.1, 0.15) is 0 Å². The minimum Gasteiger partial charge on any atom is -0.316 e. The van der Waals surface area contributed by atoms with E-state index >= 15 is 0 Å². The van der Waals surface area contributed by atoms with E-state index in [2.05, 4.69) is 14.9 Å². The van der Waals surface area contributed by atoms with Crippen LogP contribution in [-0.2, 0) is 17.1 Å². The van der Waals surface area contributed by atoms with Crippen molar-refractivity contribution in [3.05, 3.63) is 40.9 Å². The van der Waals surface area contributed by atoms with Crippen molar-refractivity contribution in [2.24, 2.45) is 7.05 Å². The van der Waals surface area contributed by atoms with Gasteiger partial charge in [0, 0.05) is 19.3 Å². The molecule has 7 nitrogen and oxygen atoms in total. The van der Waals surface area contributed by atoms with E-state index < -0.39 is 10.0 Å². The van der Waals surface area contributed by atoms with Crippen LogP contribution in [0.5, 0.6) is 0 Å². The first-order valence-corrected chi connectivity index (χ1v) is 6.16. The third kappa shape index (κ3) is 2.36. The summed E-state index contributed by atoms with van der Waals surface area (Å²) in [5, 5.41) is 5.88. The van der Waals surface area contributed by atoms with Gasteiger partial charge in [0.1, 0.15) is 0 Å². The van der Waals surface area contributed by atoms with Crippen LogP contribution in [0.25, 0.3) is 0 Å². The van der Waals surface area contributed by atoms with E-state index in [0.29, 0.717) is 5.69 Å². The summed E-state index contributed by atoms with van der Waals surface area (Å²) < 4.78 is 27.2. The second-order valence-corrected chi connectivity index (χ2v) is 5.04. The molecule has 0 amide bonds. The van der Waals surface area contributed by atoms with Gasteiger partial charge in [0.15, 0.2) is 5.03 Å². The van der Waals surface area contributed by atoms with Crippen molar-refractivity contribution in [1.82, 2.24) is 14.8 Å². The zero-order valence-corrected chi connectivity index (χ0v) is 9.73. The Bertz CT molecular complexity index is 673. The topological polar surface area (TPSA) is 96.8 Å². The molecule has 0 unspecified atom stereocenters.